The van der Waals surface area contributed by atoms with Crippen molar-refractivity contribution in [2.75, 3.05) is 47.6 Å². The van der Waals surface area contributed by atoms with E-state index in [9.17, 15) is 9.59 Å². The summed E-state index contributed by atoms with van der Waals surface area (Å²) in [7, 11) is 3.91. The molecule has 1 aliphatic heterocycles. The van der Waals surface area contributed by atoms with Gasteiger partial charge in [0.25, 0.3) is 0 Å². The molecule has 0 radical (unpaired) electrons. The molecule has 0 aliphatic carbocycles. The van der Waals surface area contributed by atoms with Crippen molar-refractivity contribution in [3.63, 3.8) is 0 Å². The first-order chi connectivity index (χ1) is 13.5. The molecule has 0 bridgehead atoms. The lowest BCUT2D eigenvalue weighted by atomic mass is 10.1. The lowest BCUT2D eigenvalue weighted by Crippen LogP contribution is -2.29. The Kier molecular flexibility index (Phi) is 6.53. The second-order valence-electron chi connectivity index (χ2n) is 7.31. The van der Waals surface area contributed by atoms with Gasteiger partial charge < -0.3 is 20.4 Å². The summed E-state index contributed by atoms with van der Waals surface area (Å²) in [4.78, 5) is 28.6. The normalized spacial score (nSPS) is 13.7. The first-order valence-corrected chi connectivity index (χ1v) is 9.73. The molecule has 6 heteroatoms. The summed E-state index contributed by atoms with van der Waals surface area (Å²) < 4.78 is 0. The van der Waals surface area contributed by atoms with Gasteiger partial charge in [0.05, 0.1) is 0 Å². The third kappa shape index (κ3) is 5.49. The highest BCUT2D eigenvalue weighted by Gasteiger charge is 2.12. The Bertz CT molecular complexity index is 794. The minimum absolute atomic E-state index is 0.219. The van der Waals surface area contributed by atoms with Gasteiger partial charge in [-0.15, -0.1) is 0 Å². The van der Waals surface area contributed by atoms with Gasteiger partial charge in [-0.05, 0) is 67.8 Å². The van der Waals surface area contributed by atoms with E-state index < -0.39 is 0 Å². The minimum Gasteiger partial charge on any atom is -0.378 e. The molecule has 2 N–H and O–H groups in total. The molecule has 2 amide bonds. The summed E-state index contributed by atoms with van der Waals surface area (Å²) in [5.74, 6) is -0.659. The zero-order valence-corrected chi connectivity index (χ0v) is 16.6. The number of amides is 2. The first-order valence-electron chi connectivity index (χ1n) is 9.73. The Labute approximate surface area is 166 Å². The van der Waals surface area contributed by atoms with Gasteiger partial charge >= 0.3 is 0 Å². The smallest absolute Gasteiger partial charge is 0.233 e. The summed E-state index contributed by atoms with van der Waals surface area (Å²) in [6, 6.07) is 15.3. The monoisotopic (exact) mass is 380 g/mol. The molecule has 28 heavy (non-hydrogen) atoms. The maximum atomic E-state index is 12.2. The van der Waals surface area contributed by atoms with Crippen molar-refractivity contribution in [3.8, 4) is 0 Å². The summed E-state index contributed by atoms with van der Waals surface area (Å²) >= 11 is 0. The van der Waals surface area contributed by atoms with E-state index >= 15 is 0 Å². The zero-order valence-electron chi connectivity index (χ0n) is 16.6. The molecule has 0 spiro atoms. The lowest BCUT2D eigenvalue weighted by molar-refractivity contribution is -0.123. The summed E-state index contributed by atoms with van der Waals surface area (Å²) in [6.07, 6.45) is 3.53. The Morgan fingerprint density at radius 2 is 1.32 bits per heavy atom. The van der Waals surface area contributed by atoms with Crippen molar-refractivity contribution >= 4 is 34.6 Å². The Balaban J connectivity index is 1.48. The zero-order chi connectivity index (χ0) is 19.9. The third-order valence-electron chi connectivity index (χ3n) is 4.86. The van der Waals surface area contributed by atoms with Crippen LogP contribution >= 0.6 is 0 Å². The highest BCUT2D eigenvalue weighted by molar-refractivity contribution is 6.08. The fourth-order valence-corrected chi connectivity index (χ4v) is 3.31. The van der Waals surface area contributed by atoms with Crippen molar-refractivity contribution < 1.29 is 9.59 Å². The van der Waals surface area contributed by atoms with E-state index in [-0.39, 0.29) is 18.2 Å². The number of hydrogen-bond donors (Lipinski definition) is 2. The molecule has 1 saturated heterocycles. The molecule has 2 aromatic carbocycles. The number of anilines is 4. The third-order valence-corrected chi connectivity index (χ3v) is 4.86. The Morgan fingerprint density at radius 3 is 1.82 bits per heavy atom. The van der Waals surface area contributed by atoms with Crippen LogP contribution in [0.4, 0.5) is 22.7 Å². The van der Waals surface area contributed by atoms with Gasteiger partial charge in [-0.1, -0.05) is 0 Å². The van der Waals surface area contributed by atoms with Crippen LogP contribution in [0.2, 0.25) is 0 Å². The maximum Gasteiger partial charge on any atom is 0.233 e. The van der Waals surface area contributed by atoms with Crippen LogP contribution in [0.3, 0.4) is 0 Å². The summed E-state index contributed by atoms with van der Waals surface area (Å²) in [5, 5.41) is 5.54. The van der Waals surface area contributed by atoms with Crippen LogP contribution in [0.5, 0.6) is 0 Å². The number of piperidine rings is 1. The van der Waals surface area contributed by atoms with E-state index in [2.05, 4.69) is 15.5 Å². The standard InChI is InChI=1S/C22H28N4O2/c1-25(2)19-10-6-17(7-11-19)23-21(27)16-22(28)24-18-8-12-20(13-9-18)26-14-4-3-5-15-26/h6-13H,3-5,14-16H2,1-2H3,(H,23,27)(H,24,28). The van der Waals surface area contributed by atoms with Gasteiger partial charge in [0.1, 0.15) is 6.42 Å². The molecule has 3 rings (SSSR count). The van der Waals surface area contributed by atoms with Crippen LogP contribution in [-0.2, 0) is 9.59 Å². The molecule has 1 fully saturated rings. The summed E-state index contributed by atoms with van der Waals surface area (Å²) in [6.45, 7) is 2.17. The predicted octanol–water partition coefficient (Wildman–Crippen LogP) is 3.71. The van der Waals surface area contributed by atoms with Gasteiger partial charge in [-0.2, -0.15) is 0 Å². The molecule has 0 aromatic heterocycles. The van der Waals surface area contributed by atoms with Gasteiger partial charge in [0.2, 0.25) is 11.8 Å². The van der Waals surface area contributed by atoms with Gasteiger partial charge in [0, 0.05) is 49.9 Å². The highest BCUT2D eigenvalue weighted by Crippen LogP contribution is 2.22. The number of rotatable bonds is 6. The Hall–Kier alpha value is -3.02. The van der Waals surface area contributed by atoms with E-state index in [1.807, 2.05) is 67.5 Å². The van der Waals surface area contributed by atoms with Gasteiger partial charge in [0.15, 0.2) is 0 Å². The first kappa shape index (κ1) is 19.7. The fourth-order valence-electron chi connectivity index (χ4n) is 3.31. The molecule has 6 nitrogen and oxygen atoms in total. The van der Waals surface area contributed by atoms with Crippen molar-refractivity contribution in [3.05, 3.63) is 48.5 Å². The van der Waals surface area contributed by atoms with E-state index in [0.29, 0.717) is 11.4 Å². The largest absolute Gasteiger partial charge is 0.378 e. The second-order valence-corrected chi connectivity index (χ2v) is 7.31. The molecule has 1 heterocycles. The van der Waals surface area contributed by atoms with Gasteiger partial charge in [-0.25, -0.2) is 0 Å². The van der Waals surface area contributed by atoms with Crippen LogP contribution in [-0.4, -0.2) is 39.0 Å². The molecule has 0 unspecified atom stereocenters. The van der Waals surface area contributed by atoms with Crippen molar-refractivity contribution in [2.45, 2.75) is 25.7 Å². The van der Waals surface area contributed by atoms with Crippen LogP contribution < -0.4 is 20.4 Å². The fraction of sp³-hybridized carbons (Fsp3) is 0.364. The van der Waals surface area contributed by atoms with Crippen molar-refractivity contribution in [1.29, 1.82) is 0 Å². The van der Waals surface area contributed by atoms with Crippen LogP contribution in [0.25, 0.3) is 0 Å². The molecule has 0 atom stereocenters. The van der Waals surface area contributed by atoms with Crippen LogP contribution in [0, 0.1) is 0 Å². The topological polar surface area (TPSA) is 64.7 Å². The number of hydrogen-bond acceptors (Lipinski definition) is 4. The van der Waals surface area contributed by atoms with Gasteiger partial charge in [-0.3, -0.25) is 9.59 Å². The molecule has 148 valence electrons. The molecular formula is C22H28N4O2. The number of carbonyl (C=O) groups excluding carboxylic acids is 2. The number of nitrogens with one attached hydrogen (secondary N) is 2. The van der Waals surface area contributed by atoms with E-state index in [0.717, 1.165) is 18.8 Å². The summed E-state index contributed by atoms with van der Waals surface area (Å²) in [5.41, 5.74) is 3.60. The number of carbonyl (C=O) groups is 2. The number of benzene rings is 2. The quantitative estimate of drug-likeness (QED) is 0.750. The maximum absolute atomic E-state index is 12.2. The van der Waals surface area contributed by atoms with Crippen molar-refractivity contribution in [2.24, 2.45) is 0 Å². The molecule has 1 aliphatic rings. The highest BCUT2D eigenvalue weighted by atomic mass is 16.2. The lowest BCUT2D eigenvalue weighted by Gasteiger charge is -2.28. The van der Waals surface area contributed by atoms with E-state index in [1.54, 1.807) is 0 Å². The SMILES string of the molecule is CN(C)c1ccc(NC(=O)CC(=O)Nc2ccc(N3CCCCC3)cc2)cc1. The molecule has 0 saturated carbocycles. The van der Waals surface area contributed by atoms with E-state index in [1.165, 1.54) is 24.9 Å². The average molecular weight is 380 g/mol. The van der Waals surface area contributed by atoms with Crippen LogP contribution in [0.1, 0.15) is 25.7 Å². The number of nitrogens with zero attached hydrogens (tertiary/aromatic N) is 2. The van der Waals surface area contributed by atoms with Crippen molar-refractivity contribution in [1.82, 2.24) is 0 Å². The second kappa shape index (κ2) is 9.26. The Morgan fingerprint density at radius 1 is 0.821 bits per heavy atom. The average Bonchev–Trinajstić information content (AvgIpc) is 2.69. The van der Waals surface area contributed by atoms with Crippen LogP contribution in [0.15, 0.2) is 48.5 Å². The predicted molar refractivity (Wildman–Crippen MR) is 115 cm³/mol. The minimum atomic E-state index is -0.333. The van der Waals surface area contributed by atoms with E-state index in [4.69, 9.17) is 0 Å². The molecule has 2 aromatic rings. The molecular weight excluding hydrogens is 352 g/mol.